The number of amides is 2. The molecule has 0 saturated heterocycles. The van der Waals surface area contributed by atoms with Gasteiger partial charge < -0.3 is 10.2 Å². The monoisotopic (exact) mass is 338 g/mol. The third kappa shape index (κ3) is 6.42. The number of nitrogens with zero attached hydrogens (tertiary/aromatic N) is 1. The van der Waals surface area contributed by atoms with Gasteiger partial charge >= 0.3 is 0 Å². The molecule has 4 nitrogen and oxygen atoms in total. The summed E-state index contributed by atoms with van der Waals surface area (Å²) in [6, 6.07) is 16.1. The summed E-state index contributed by atoms with van der Waals surface area (Å²) in [6.45, 7) is 7.06. The van der Waals surface area contributed by atoms with E-state index in [9.17, 15) is 9.59 Å². The van der Waals surface area contributed by atoms with E-state index >= 15 is 0 Å². The molecule has 25 heavy (non-hydrogen) atoms. The van der Waals surface area contributed by atoms with Crippen molar-refractivity contribution in [2.75, 3.05) is 6.54 Å². The van der Waals surface area contributed by atoms with Crippen LogP contribution in [0.5, 0.6) is 0 Å². The Kier molecular flexibility index (Phi) is 6.75. The van der Waals surface area contributed by atoms with Crippen LogP contribution in [0.3, 0.4) is 0 Å². The molecule has 0 aliphatic carbocycles. The van der Waals surface area contributed by atoms with Gasteiger partial charge in [0.05, 0.1) is 0 Å². The fraction of sp³-hybridized carbons (Fsp3) is 0.333. The van der Waals surface area contributed by atoms with Crippen molar-refractivity contribution in [2.45, 2.75) is 40.3 Å². The molecule has 2 amide bonds. The lowest BCUT2D eigenvalue weighted by molar-refractivity contribution is -0.130. The van der Waals surface area contributed by atoms with Crippen LogP contribution in [0.4, 0.5) is 0 Å². The highest BCUT2D eigenvalue weighted by atomic mass is 16.2. The van der Waals surface area contributed by atoms with Crippen LogP contribution in [0.25, 0.3) is 0 Å². The van der Waals surface area contributed by atoms with Gasteiger partial charge in [0, 0.05) is 33.0 Å². The molecule has 0 saturated carbocycles. The highest BCUT2D eigenvalue weighted by Crippen LogP contribution is 2.09. The Bertz CT molecular complexity index is 740. The van der Waals surface area contributed by atoms with E-state index in [4.69, 9.17) is 0 Å². The first kappa shape index (κ1) is 18.7. The van der Waals surface area contributed by atoms with Gasteiger partial charge in [-0.3, -0.25) is 9.59 Å². The number of carbonyl (C=O) groups is 2. The lowest BCUT2D eigenvalue weighted by atomic mass is 10.1. The van der Waals surface area contributed by atoms with E-state index in [0.717, 1.165) is 16.7 Å². The number of benzene rings is 2. The van der Waals surface area contributed by atoms with Crippen molar-refractivity contribution in [1.29, 1.82) is 0 Å². The minimum Gasteiger partial charge on any atom is -0.352 e. The van der Waals surface area contributed by atoms with Gasteiger partial charge in [-0.1, -0.05) is 59.7 Å². The quantitative estimate of drug-likeness (QED) is 0.841. The Morgan fingerprint density at radius 1 is 0.960 bits per heavy atom. The fourth-order valence-electron chi connectivity index (χ4n) is 2.73. The zero-order valence-corrected chi connectivity index (χ0v) is 15.2. The Labute approximate surface area is 149 Å². The molecule has 132 valence electrons. The Balaban J connectivity index is 1.83. The smallest absolute Gasteiger partial charge is 0.222 e. The number of carbonyl (C=O) groups excluding carboxylic acids is 2. The third-order valence-corrected chi connectivity index (χ3v) is 4.08. The molecule has 0 radical (unpaired) electrons. The number of rotatable bonds is 7. The average Bonchev–Trinajstić information content (AvgIpc) is 2.56. The van der Waals surface area contributed by atoms with Crippen molar-refractivity contribution in [3.05, 3.63) is 70.8 Å². The van der Waals surface area contributed by atoms with Gasteiger partial charge in [0.15, 0.2) is 0 Å². The van der Waals surface area contributed by atoms with Crippen molar-refractivity contribution < 1.29 is 9.59 Å². The maximum atomic E-state index is 12.1. The van der Waals surface area contributed by atoms with Crippen LogP contribution in [0.2, 0.25) is 0 Å². The first-order chi connectivity index (χ1) is 11.9. The molecular weight excluding hydrogens is 312 g/mol. The van der Waals surface area contributed by atoms with Crippen molar-refractivity contribution >= 4 is 11.8 Å². The topological polar surface area (TPSA) is 49.4 Å². The van der Waals surface area contributed by atoms with Crippen molar-refractivity contribution in [1.82, 2.24) is 10.2 Å². The third-order valence-electron chi connectivity index (χ3n) is 4.08. The summed E-state index contributed by atoms with van der Waals surface area (Å²) < 4.78 is 0. The second-order valence-electron chi connectivity index (χ2n) is 6.45. The second kappa shape index (κ2) is 9.02. The van der Waals surface area contributed by atoms with Gasteiger partial charge in [-0.2, -0.15) is 0 Å². The number of nitrogens with one attached hydrogen (secondary N) is 1. The maximum Gasteiger partial charge on any atom is 0.222 e. The predicted molar refractivity (Wildman–Crippen MR) is 99.9 cm³/mol. The Morgan fingerprint density at radius 3 is 2.16 bits per heavy atom. The van der Waals surface area contributed by atoms with Crippen molar-refractivity contribution in [3.63, 3.8) is 0 Å². The van der Waals surface area contributed by atoms with Crippen LogP contribution in [0.15, 0.2) is 48.5 Å². The molecule has 0 fully saturated rings. The number of aryl methyl sites for hydroxylation is 2. The van der Waals surface area contributed by atoms with Crippen LogP contribution >= 0.6 is 0 Å². The molecule has 0 atom stereocenters. The van der Waals surface area contributed by atoms with Gasteiger partial charge in [-0.25, -0.2) is 0 Å². The van der Waals surface area contributed by atoms with Gasteiger partial charge in [-0.15, -0.1) is 0 Å². The van der Waals surface area contributed by atoms with Crippen molar-refractivity contribution in [2.24, 2.45) is 0 Å². The summed E-state index contributed by atoms with van der Waals surface area (Å²) >= 11 is 0. The highest BCUT2D eigenvalue weighted by Gasteiger charge is 2.12. The van der Waals surface area contributed by atoms with Crippen LogP contribution in [0.1, 0.15) is 35.6 Å². The summed E-state index contributed by atoms with van der Waals surface area (Å²) in [5.41, 5.74) is 4.50. The van der Waals surface area contributed by atoms with Gasteiger partial charge in [0.1, 0.15) is 0 Å². The molecule has 0 aromatic heterocycles. The first-order valence-corrected chi connectivity index (χ1v) is 8.57. The number of hydrogen-bond donors (Lipinski definition) is 1. The molecule has 1 N–H and O–H groups in total. The zero-order valence-electron chi connectivity index (χ0n) is 15.2. The largest absolute Gasteiger partial charge is 0.352 e. The summed E-state index contributed by atoms with van der Waals surface area (Å²) in [7, 11) is 0. The SMILES string of the molecule is CC(=O)N(CCC(=O)NCc1cccc(C)c1)Cc1cccc(C)c1. The molecule has 0 aliphatic heterocycles. The summed E-state index contributed by atoms with van der Waals surface area (Å²) in [5.74, 6) is -0.0648. The van der Waals surface area contributed by atoms with E-state index in [1.807, 2.05) is 50.2 Å². The molecule has 2 aromatic carbocycles. The molecule has 0 heterocycles. The van der Waals surface area contributed by atoms with Gasteiger partial charge in [0.25, 0.3) is 0 Å². The molecule has 0 unspecified atom stereocenters. The normalized spacial score (nSPS) is 10.4. The molecule has 4 heteroatoms. The van der Waals surface area contributed by atoms with Crippen LogP contribution in [-0.2, 0) is 22.7 Å². The predicted octanol–water partition coefficient (Wildman–Crippen LogP) is 3.36. The molecule has 0 spiro atoms. The van der Waals surface area contributed by atoms with Crippen LogP contribution in [-0.4, -0.2) is 23.3 Å². The maximum absolute atomic E-state index is 12.1. The first-order valence-electron chi connectivity index (χ1n) is 8.57. The highest BCUT2D eigenvalue weighted by molar-refractivity contribution is 5.78. The fourth-order valence-corrected chi connectivity index (χ4v) is 2.73. The summed E-state index contributed by atoms with van der Waals surface area (Å²) in [4.78, 5) is 25.7. The van der Waals surface area contributed by atoms with E-state index in [0.29, 0.717) is 26.1 Å². The van der Waals surface area contributed by atoms with Gasteiger partial charge in [-0.05, 0) is 25.0 Å². The van der Waals surface area contributed by atoms with E-state index in [-0.39, 0.29) is 11.8 Å². The van der Waals surface area contributed by atoms with Gasteiger partial charge in [0.2, 0.25) is 11.8 Å². The number of hydrogen-bond acceptors (Lipinski definition) is 2. The summed E-state index contributed by atoms with van der Waals surface area (Å²) in [6.07, 6.45) is 0.303. The summed E-state index contributed by atoms with van der Waals surface area (Å²) in [5, 5.41) is 2.92. The van der Waals surface area contributed by atoms with Crippen molar-refractivity contribution in [3.8, 4) is 0 Å². The molecule has 0 bridgehead atoms. The zero-order chi connectivity index (χ0) is 18.2. The lowest BCUT2D eigenvalue weighted by Crippen LogP contribution is -2.33. The van der Waals surface area contributed by atoms with E-state index < -0.39 is 0 Å². The van der Waals surface area contributed by atoms with Crippen LogP contribution in [0, 0.1) is 13.8 Å². The van der Waals surface area contributed by atoms with E-state index in [1.54, 1.807) is 11.8 Å². The van der Waals surface area contributed by atoms with E-state index in [1.165, 1.54) is 5.56 Å². The average molecular weight is 338 g/mol. The lowest BCUT2D eigenvalue weighted by Gasteiger charge is -2.21. The standard InChI is InChI=1S/C21H26N2O2/c1-16-6-4-8-19(12-16)14-22-21(25)10-11-23(18(3)24)15-20-9-5-7-17(2)13-20/h4-9,12-13H,10-11,14-15H2,1-3H3,(H,22,25). The molecule has 2 rings (SSSR count). The Morgan fingerprint density at radius 2 is 1.56 bits per heavy atom. The minimum absolute atomic E-state index is 0.0204. The molecular formula is C21H26N2O2. The molecule has 2 aromatic rings. The minimum atomic E-state index is -0.0444. The van der Waals surface area contributed by atoms with E-state index in [2.05, 4.69) is 17.4 Å². The second-order valence-corrected chi connectivity index (χ2v) is 6.45. The van der Waals surface area contributed by atoms with Crippen LogP contribution < -0.4 is 5.32 Å². The Hall–Kier alpha value is -2.62. The molecule has 0 aliphatic rings.